The SMILES string of the molecule is C=C[C@@H]1C[C@]1(NC(=O)[C@@H]1C[C@@H](Oc2cc(-c3nc(C(C)C)cs3)nc3c(C)c(OC)ccc23)[C@H]2CN(C(=O)OC(C)(C)C)C([C@H](C)CC)C(=O)N21)C(=O)NS(=O)(=O)C1CC1. The quantitative estimate of drug-likeness (QED) is 0.196. The van der Waals surface area contributed by atoms with Crippen molar-refractivity contribution in [1.29, 1.82) is 0 Å². The van der Waals surface area contributed by atoms with Gasteiger partial charge in [0.1, 0.15) is 51.5 Å². The van der Waals surface area contributed by atoms with Crippen LogP contribution in [0.5, 0.6) is 11.5 Å². The molecule has 7 atom stereocenters. The van der Waals surface area contributed by atoms with Crippen molar-refractivity contribution < 1.29 is 41.8 Å². The van der Waals surface area contributed by atoms with Gasteiger partial charge >= 0.3 is 6.09 Å². The summed E-state index contributed by atoms with van der Waals surface area (Å²) in [6, 6.07) is 2.57. The van der Waals surface area contributed by atoms with Gasteiger partial charge in [0.15, 0.2) is 0 Å². The lowest BCUT2D eigenvalue weighted by Gasteiger charge is -2.46. The standard InChI is InChI=1S/C43H56N6O9S2/c1-11-23(5)36-39(51)49-30(37(50)46-43(19-25(43)12-2)40(52)47-60(54,55)26-13-14-26)18-34(31(49)20-48(36)41(53)58-42(7,8)9)57-33-17-28(38-45-29(21-59-38)22(3)4)44-35-24(6)32(56-10)16-15-27(33)35/h12,15-17,21-23,25-26,30-31,34,36H,2,11,13-14,18-20H2,1,3-10H3,(H,46,50)(H,47,52)/t23-,25-,30+,31-,34-,36?,43-/m1/s1. The summed E-state index contributed by atoms with van der Waals surface area (Å²) < 4.78 is 46.4. The Morgan fingerprint density at radius 1 is 1.13 bits per heavy atom. The van der Waals surface area contributed by atoms with Crippen molar-refractivity contribution in [2.45, 2.75) is 134 Å². The molecule has 2 saturated carbocycles. The van der Waals surface area contributed by atoms with Crippen LogP contribution in [0, 0.1) is 18.8 Å². The van der Waals surface area contributed by atoms with Crippen molar-refractivity contribution in [3.05, 3.63) is 47.5 Å². The number of hydrogen-bond donors (Lipinski definition) is 2. The smallest absolute Gasteiger partial charge is 0.411 e. The zero-order valence-electron chi connectivity index (χ0n) is 35.7. The second-order valence-electron chi connectivity index (χ2n) is 17.9. The van der Waals surface area contributed by atoms with Gasteiger partial charge in [-0.05, 0) is 70.9 Å². The molecule has 60 heavy (non-hydrogen) atoms. The highest BCUT2D eigenvalue weighted by atomic mass is 32.2. The van der Waals surface area contributed by atoms with Crippen molar-refractivity contribution >= 4 is 56.1 Å². The maximum atomic E-state index is 15.0. The number of aromatic nitrogens is 2. The van der Waals surface area contributed by atoms with Gasteiger partial charge in [0, 0.05) is 41.3 Å². The molecule has 15 nitrogen and oxygen atoms in total. The fourth-order valence-electron chi connectivity index (χ4n) is 8.33. The molecular formula is C43H56N6O9S2. The highest BCUT2D eigenvalue weighted by Crippen LogP contribution is 2.47. The number of pyridine rings is 1. The number of ether oxygens (including phenoxy) is 3. The van der Waals surface area contributed by atoms with Crippen LogP contribution in [0.15, 0.2) is 36.2 Å². The lowest BCUT2D eigenvalue weighted by Crippen LogP contribution is -2.68. The van der Waals surface area contributed by atoms with Crippen LogP contribution < -0.4 is 19.5 Å². The first-order valence-corrected chi connectivity index (χ1v) is 23.1. The van der Waals surface area contributed by atoms with E-state index in [1.165, 1.54) is 27.2 Å². The highest BCUT2D eigenvalue weighted by molar-refractivity contribution is 7.91. The largest absolute Gasteiger partial charge is 0.496 e. The monoisotopic (exact) mass is 864 g/mol. The average Bonchev–Trinajstić information content (AvgIpc) is 4.08. The summed E-state index contributed by atoms with van der Waals surface area (Å²) in [5.41, 5.74) is 0.475. The highest BCUT2D eigenvalue weighted by Gasteiger charge is 2.63. The van der Waals surface area contributed by atoms with Gasteiger partial charge in [0.05, 0.1) is 29.6 Å². The molecule has 0 radical (unpaired) electrons. The van der Waals surface area contributed by atoms with Crippen molar-refractivity contribution in [3.8, 4) is 22.2 Å². The number of carbonyl (C=O) groups is 4. The number of benzene rings is 1. The summed E-state index contributed by atoms with van der Waals surface area (Å²) in [7, 11) is -2.33. The predicted octanol–water partition coefficient (Wildman–Crippen LogP) is 5.85. The molecule has 1 aromatic carbocycles. The van der Waals surface area contributed by atoms with E-state index in [-0.39, 0.29) is 31.2 Å². The molecule has 0 spiro atoms. The zero-order chi connectivity index (χ0) is 43.6. The molecule has 2 aromatic heterocycles. The molecule has 4 fully saturated rings. The van der Waals surface area contributed by atoms with Gasteiger partial charge < -0.3 is 24.4 Å². The molecule has 2 saturated heterocycles. The van der Waals surface area contributed by atoms with Gasteiger partial charge in [-0.15, -0.1) is 17.9 Å². The minimum Gasteiger partial charge on any atom is -0.496 e. The summed E-state index contributed by atoms with van der Waals surface area (Å²) >= 11 is 1.46. The number of nitrogens with one attached hydrogen (secondary N) is 2. The molecular weight excluding hydrogens is 809 g/mol. The molecule has 1 unspecified atom stereocenters. The Morgan fingerprint density at radius 2 is 1.85 bits per heavy atom. The number of thiazole rings is 1. The van der Waals surface area contributed by atoms with Crippen LogP contribution in [0.4, 0.5) is 4.79 Å². The van der Waals surface area contributed by atoms with E-state index in [0.29, 0.717) is 52.4 Å². The molecule has 324 valence electrons. The summed E-state index contributed by atoms with van der Waals surface area (Å²) in [6.07, 6.45) is 1.62. The summed E-state index contributed by atoms with van der Waals surface area (Å²) in [4.78, 5) is 70.2. The molecule has 4 amide bonds. The van der Waals surface area contributed by atoms with Gasteiger partial charge in [-0.25, -0.2) is 23.2 Å². The van der Waals surface area contributed by atoms with Crippen molar-refractivity contribution in [3.63, 3.8) is 0 Å². The fourth-order valence-corrected chi connectivity index (χ4v) is 10.6. The number of fused-ring (bicyclic) bond motifs is 2. The van der Waals surface area contributed by atoms with Gasteiger partial charge in [-0.1, -0.05) is 40.2 Å². The number of carbonyl (C=O) groups excluding carboxylic acids is 4. The van der Waals surface area contributed by atoms with Crippen molar-refractivity contribution in [2.75, 3.05) is 13.7 Å². The normalized spacial score (nSPS) is 25.8. The number of nitrogens with zero attached hydrogens (tertiary/aromatic N) is 4. The van der Waals surface area contributed by atoms with Crippen molar-refractivity contribution in [1.82, 2.24) is 29.8 Å². The number of hydrogen-bond acceptors (Lipinski definition) is 12. The van der Waals surface area contributed by atoms with E-state index in [1.54, 1.807) is 27.9 Å². The number of aryl methyl sites for hydroxylation is 1. The van der Waals surface area contributed by atoms with Gasteiger partial charge in [-0.2, -0.15) is 0 Å². The summed E-state index contributed by atoms with van der Waals surface area (Å²) in [5, 5.41) is 5.58. The van der Waals surface area contributed by atoms with Crippen LogP contribution in [0.3, 0.4) is 0 Å². The van der Waals surface area contributed by atoms with E-state index in [4.69, 9.17) is 24.2 Å². The molecule has 2 aliphatic heterocycles. The topological polar surface area (TPSA) is 186 Å². The molecule has 17 heteroatoms. The van der Waals surface area contributed by atoms with Gasteiger partial charge in [0.2, 0.25) is 21.8 Å². The minimum atomic E-state index is -3.92. The lowest BCUT2D eigenvalue weighted by atomic mass is 9.92. The maximum absolute atomic E-state index is 15.0. The molecule has 2 aliphatic carbocycles. The maximum Gasteiger partial charge on any atom is 0.411 e. The first-order valence-electron chi connectivity index (χ1n) is 20.7. The van der Waals surface area contributed by atoms with E-state index >= 15 is 0 Å². The van der Waals surface area contributed by atoms with E-state index in [1.807, 2.05) is 44.4 Å². The van der Waals surface area contributed by atoms with Crippen LogP contribution >= 0.6 is 11.3 Å². The lowest BCUT2D eigenvalue weighted by molar-refractivity contribution is -0.153. The van der Waals surface area contributed by atoms with E-state index < -0.39 is 80.4 Å². The molecule has 4 heterocycles. The zero-order valence-corrected chi connectivity index (χ0v) is 37.4. The first kappa shape index (κ1) is 43.3. The Hall–Kier alpha value is -4.77. The molecule has 4 aliphatic rings. The number of amides is 4. The van der Waals surface area contributed by atoms with Crippen LogP contribution in [0.25, 0.3) is 21.6 Å². The third-order valence-corrected chi connectivity index (χ3v) is 14.8. The minimum absolute atomic E-state index is 0.00238. The van der Waals surface area contributed by atoms with Crippen LogP contribution in [0.2, 0.25) is 0 Å². The Balaban J connectivity index is 1.30. The van der Waals surface area contributed by atoms with E-state index in [9.17, 15) is 27.6 Å². The van der Waals surface area contributed by atoms with Crippen LogP contribution in [-0.4, -0.2) is 106 Å². The molecule has 0 bridgehead atoms. The van der Waals surface area contributed by atoms with Gasteiger partial charge in [0.25, 0.3) is 5.91 Å². The van der Waals surface area contributed by atoms with Gasteiger partial charge in [-0.3, -0.25) is 24.0 Å². The number of sulfonamides is 1. The number of piperazine rings is 1. The van der Waals surface area contributed by atoms with Crippen LogP contribution in [0.1, 0.15) is 97.7 Å². The second kappa shape index (κ2) is 15.9. The molecule has 7 rings (SSSR count). The summed E-state index contributed by atoms with van der Waals surface area (Å²) in [5.74, 6) is -1.51. The second-order valence-corrected chi connectivity index (χ2v) is 20.7. The summed E-state index contributed by atoms with van der Waals surface area (Å²) in [6.45, 7) is 18.9. The number of rotatable bonds is 13. The van der Waals surface area contributed by atoms with E-state index in [2.05, 4.69) is 30.5 Å². The third-order valence-electron chi connectivity index (χ3n) is 12.1. The molecule has 3 aromatic rings. The first-order chi connectivity index (χ1) is 28.2. The Labute approximate surface area is 355 Å². The third kappa shape index (κ3) is 8.06. The predicted molar refractivity (Wildman–Crippen MR) is 227 cm³/mol. The Kier molecular flexibility index (Phi) is 11.5. The average molecular weight is 865 g/mol. The Bertz CT molecular complexity index is 2340. The number of methoxy groups -OCH3 is 1. The molecule has 2 N–H and O–H groups in total. The van der Waals surface area contributed by atoms with Crippen LogP contribution in [-0.2, 0) is 29.1 Å². The van der Waals surface area contributed by atoms with Crippen molar-refractivity contribution in [2.24, 2.45) is 11.8 Å². The Morgan fingerprint density at radius 3 is 2.43 bits per heavy atom. The van der Waals surface area contributed by atoms with E-state index in [0.717, 1.165) is 11.3 Å². The fraction of sp³-hybridized carbons (Fsp3) is 0.581.